The van der Waals surface area contributed by atoms with E-state index in [2.05, 4.69) is 9.11 Å². The molecule has 0 aliphatic rings. The van der Waals surface area contributed by atoms with Gasteiger partial charge >= 0.3 is 6.61 Å². The van der Waals surface area contributed by atoms with Gasteiger partial charge in [0.2, 0.25) is 0 Å². The minimum atomic E-state index is -2.84. The Balaban J connectivity index is 2.09. The standard InChI is InChI=1S/C13H10ClF2N3OS/c1-19(12-10(6-17)11(14)18-21-12)7-8-2-4-9(5-3-8)20-13(15)16/h2-5,13H,7H2,1H3. The zero-order valence-electron chi connectivity index (χ0n) is 10.9. The van der Waals surface area contributed by atoms with E-state index in [-0.39, 0.29) is 10.9 Å². The number of hydrogen-bond donors (Lipinski definition) is 0. The second kappa shape index (κ2) is 6.70. The average Bonchev–Trinajstić information content (AvgIpc) is 2.81. The second-order valence-corrected chi connectivity index (χ2v) is 5.25. The molecule has 0 radical (unpaired) electrons. The molecule has 21 heavy (non-hydrogen) atoms. The number of anilines is 1. The van der Waals surface area contributed by atoms with Gasteiger partial charge in [-0.2, -0.15) is 18.4 Å². The van der Waals surface area contributed by atoms with Crippen LogP contribution in [0.4, 0.5) is 13.8 Å². The first-order valence-corrected chi connectivity index (χ1v) is 6.96. The molecule has 2 rings (SSSR count). The Hall–Kier alpha value is -1.91. The summed E-state index contributed by atoms with van der Waals surface area (Å²) < 4.78 is 32.3. The first kappa shape index (κ1) is 15.5. The predicted molar refractivity (Wildman–Crippen MR) is 77.0 cm³/mol. The monoisotopic (exact) mass is 329 g/mol. The van der Waals surface area contributed by atoms with Gasteiger partial charge in [-0.25, -0.2) is 0 Å². The highest BCUT2D eigenvalue weighted by Gasteiger charge is 2.15. The van der Waals surface area contributed by atoms with E-state index >= 15 is 0 Å². The first-order valence-electron chi connectivity index (χ1n) is 5.81. The smallest absolute Gasteiger partial charge is 0.387 e. The Morgan fingerprint density at radius 2 is 2.10 bits per heavy atom. The Morgan fingerprint density at radius 1 is 1.43 bits per heavy atom. The Morgan fingerprint density at radius 3 is 2.67 bits per heavy atom. The highest BCUT2D eigenvalue weighted by atomic mass is 35.5. The molecule has 4 nitrogen and oxygen atoms in total. The lowest BCUT2D eigenvalue weighted by atomic mass is 10.2. The second-order valence-electron chi connectivity index (χ2n) is 4.14. The third-order valence-electron chi connectivity index (χ3n) is 2.66. The third-order valence-corrected chi connectivity index (χ3v) is 4.00. The summed E-state index contributed by atoms with van der Waals surface area (Å²) in [4.78, 5) is 1.82. The quantitative estimate of drug-likeness (QED) is 0.834. The summed E-state index contributed by atoms with van der Waals surface area (Å²) in [5.41, 5.74) is 1.22. The van der Waals surface area contributed by atoms with Gasteiger partial charge < -0.3 is 9.64 Å². The molecule has 0 amide bonds. The van der Waals surface area contributed by atoms with Crippen LogP contribution in [0.1, 0.15) is 11.1 Å². The van der Waals surface area contributed by atoms with Crippen LogP contribution in [-0.2, 0) is 6.54 Å². The number of ether oxygens (including phenoxy) is 1. The van der Waals surface area contributed by atoms with E-state index in [4.69, 9.17) is 16.9 Å². The van der Waals surface area contributed by atoms with E-state index in [0.29, 0.717) is 17.1 Å². The van der Waals surface area contributed by atoms with Crippen molar-refractivity contribution >= 4 is 28.1 Å². The molecule has 8 heteroatoms. The van der Waals surface area contributed by atoms with Crippen molar-refractivity contribution < 1.29 is 13.5 Å². The molecule has 0 aliphatic heterocycles. The largest absolute Gasteiger partial charge is 0.435 e. The van der Waals surface area contributed by atoms with Gasteiger partial charge in [-0.15, -0.1) is 0 Å². The fraction of sp³-hybridized carbons (Fsp3) is 0.231. The van der Waals surface area contributed by atoms with Crippen molar-refractivity contribution in [2.24, 2.45) is 0 Å². The van der Waals surface area contributed by atoms with Crippen LogP contribution >= 0.6 is 23.1 Å². The van der Waals surface area contributed by atoms with Gasteiger partial charge in [-0.05, 0) is 29.2 Å². The van der Waals surface area contributed by atoms with Gasteiger partial charge in [-0.3, -0.25) is 0 Å². The van der Waals surface area contributed by atoms with Crippen molar-refractivity contribution in [3.63, 3.8) is 0 Å². The number of aromatic nitrogens is 1. The summed E-state index contributed by atoms with van der Waals surface area (Å²) in [5.74, 6) is 0.106. The molecule has 0 N–H and O–H groups in total. The Kier molecular flexibility index (Phi) is 4.94. The number of hydrogen-bond acceptors (Lipinski definition) is 5. The summed E-state index contributed by atoms with van der Waals surface area (Å²) in [6, 6.07) is 8.32. The molecule has 0 saturated carbocycles. The maximum Gasteiger partial charge on any atom is 0.387 e. The van der Waals surface area contributed by atoms with Crippen LogP contribution < -0.4 is 9.64 Å². The van der Waals surface area contributed by atoms with E-state index in [1.807, 2.05) is 11.0 Å². The number of rotatable bonds is 5. The summed E-state index contributed by atoms with van der Waals surface area (Å²) >= 11 is 6.96. The Labute approximate surface area is 129 Å². The van der Waals surface area contributed by atoms with Crippen molar-refractivity contribution in [1.82, 2.24) is 4.37 Å². The fourth-order valence-corrected chi connectivity index (χ4v) is 2.73. The predicted octanol–water partition coefficient (Wildman–Crippen LogP) is 3.91. The van der Waals surface area contributed by atoms with Crippen molar-refractivity contribution in [2.45, 2.75) is 13.2 Å². The summed E-state index contributed by atoms with van der Waals surface area (Å²) in [6.45, 7) is -2.35. The van der Waals surface area contributed by atoms with Gasteiger partial charge in [0, 0.05) is 13.6 Å². The highest BCUT2D eigenvalue weighted by Crippen LogP contribution is 2.31. The molecule has 0 spiro atoms. The summed E-state index contributed by atoms with van der Waals surface area (Å²) in [6.07, 6.45) is 0. The van der Waals surface area contributed by atoms with Crippen LogP contribution in [0.15, 0.2) is 24.3 Å². The van der Waals surface area contributed by atoms with Gasteiger partial charge in [0.25, 0.3) is 0 Å². The lowest BCUT2D eigenvalue weighted by Crippen LogP contribution is -2.16. The van der Waals surface area contributed by atoms with Gasteiger partial charge in [0.15, 0.2) is 5.15 Å². The fourth-order valence-electron chi connectivity index (χ4n) is 1.74. The number of alkyl halides is 2. The molecule has 0 fully saturated rings. The molecule has 0 atom stereocenters. The van der Waals surface area contributed by atoms with Crippen molar-refractivity contribution in [1.29, 1.82) is 5.26 Å². The van der Waals surface area contributed by atoms with E-state index in [0.717, 1.165) is 17.1 Å². The van der Waals surface area contributed by atoms with Crippen LogP contribution in [-0.4, -0.2) is 18.0 Å². The number of halogens is 3. The van der Waals surface area contributed by atoms with Crippen LogP contribution in [0.5, 0.6) is 5.75 Å². The molecule has 0 unspecified atom stereocenters. The molecule has 1 heterocycles. The number of benzene rings is 1. The summed E-state index contributed by atoms with van der Waals surface area (Å²) in [7, 11) is 1.80. The molecule has 110 valence electrons. The number of nitrogens with zero attached hydrogens (tertiary/aromatic N) is 3. The normalized spacial score (nSPS) is 10.5. The van der Waals surface area contributed by atoms with Crippen LogP contribution in [0.25, 0.3) is 0 Å². The zero-order valence-corrected chi connectivity index (χ0v) is 12.5. The molecule has 0 bridgehead atoms. The SMILES string of the molecule is CN(Cc1ccc(OC(F)F)cc1)c1snc(Cl)c1C#N. The topological polar surface area (TPSA) is 49.1 Å². The molecule has 1 aromatic carbocycles. The third kappa shape index (κ3) is 3.80. The van der Waals surface area contributed by atoms with E-state index in [9.17, 15) is 8.78 Å². The molecule has 0 saturated heterocycles. The maximum absolute atomic E-state index is 12.1. The molecule has 0 aliphatic carbocycles. The van der Waals surface area contributed by atoms with Gasteiger partial charge in [-0.1, -0.05) is 23.7 Å². The maximum atomic E-state index is 12.1. The van der Waals surface area contributed by atoms with E-state index in [1.54, 1.807) is 19.2 Å². The minimum absolute atomic E-state index is 0.106. The van der Waals surface area contributed by atoms with E-state index < -0.39 is 6.61 Å². The Bertz CT molecular complexity index is 654. The minimum Gasteiger partial charge on any atom is -0.435 e. The van der Waals surface area contributed by atoms with Crippen molar-refractivity contribution in [3.05, 3.63) is 40.5 Å². The van der Waals surface area contributed by atoms with Crippen LogP contribution in [0.3, 0.4) is 0 Å². The first-order chi connectivity index (χ1) is 10.0. The molecular formula is C13H10ClF2N3OS. The van der Waals surface area contributed by atoms with Crippen LogP contribution in [0, 0.1) is 11.3 Å². The number of nitriles is 1. The van der Waals surface area contributed by atoms with Crippen molar-refractivity contribution in [3.8, 4) is 11.8 Å². The molecular weight excluding hydrogens is 320 g/mol. The lowest BCUT2D eigenvalue weighted by molar-refractivity contribution is -0.0498. The molecule has 2 aromatic rings. The highest BCUT2D eigenvalue weighted by molar-refractivity contribution is 7.10. The van der Waals surface area contributed by atoms with Crippen molar-refractivity contribution in [2.75, 3.05) is 11.9 Å². The molecule has 1 aromatic heterocycles. The zero-order chi connectivity index (χ0) is 15.4. The van der Waals surface area contributed by atoms with Crippen LogP contribution in [0.2, 0.25) is 5.15 Å². The van der Waals surface area contributed by atoms with Gasteiger partial charge in [0.1, 0.15) is 22.4 Å². The average molecular weight is 330 g/mol. The lowest BCUT2D eigenvalue weighted by Gasteiger charge is -2.17. The summed E-state index contributed by atoms with van der Waals surface area (Å²) in [5, 5.41) is 9.89. The van der Waals surface area contributed by atoms with Gasteiger partial charge in [0.05, 0.1) is 0 Å². The van der Waals surface area contributed by atoms with E-state index in [1.165, 1.54) is 12.1 Å².